The highest BCUT2D eigenvalue weighted by Crippen LogP contribution is 2.30. The van der Waals surface area contributed by atoms with Gasteiger partial charge in [0, 0.05) is 18.9 Å². The van der Waals surface area contributed by atoms with Crippen molar-refractivity contribution in [3.63, 3.8) is 0 Å². The van der Waals surface area contributed by atoms with Crippen molar-refractivity contribution >= 4 is 5.82 Å². The molecule has 0 atom stereocenters. The predicted octanol–water partition coefficient (Wildman–Crippen LogP) is 2.98. The van der Waals surface area contributed by atoms with Crippen molar-refractivity contribution in [2.75, 3.05) is 11.9 Å². The van der Waals surface area contributed by atoms with Gasteiger partial charge >= 0.3 is 0 Å². The van der Waals surface area contributed by atoms with Crippen LogP contribution in [-0.2, 0) is 0 Å². The van der Waals surface area contributed by atoms with Gasteiger partial charge in [-0.25, -0.2) is 9.97 Å². The minimum atomic E-state index is 0.389. The van der Waals surface area contributed by atoms with Crippen LogP contribution in [0.15, 0.2) is 12.4 Å². The molecule has 2 rings (SSSR count). The number of nitrogens with zero attached hydrogens (tertiary/aromatic N) is 3. The molecule has 1 heterocycles. The van der Waals surface area contributed by atoms with Gasteiger partial charge < -0.3 is 5.32 Å². The predicted molar refractivity (Wildman–Crippen MR) is 71.0 cm³/mol. The van der Waals surface area contributed by atoms with E-state index >= 15 is 0 Å². The standard InChI is InChI=1S/C14H20N4/c1-2-11-3-5-12(6-4-11)10-18-14-13(9-15)16-7-8-17-14/h7-8,11-12H,2-6,10H2,1H3,(H,17,18). The summed E-state index contributed by atoms with van der Waals surface area (Å²) in [5, 5.41) is 12.2. The van der Waals surface area contributed by atoms with E-state index < -0.39 is 0 Å². The summed E-state index contributed by atoms with van der Waals surface area (Å²) in [5.41, 5.74) is 0.389. The van der Waals surface area contributed by atoms with E-state index in [1.165, 1.54) is 32.1 Å². The summed E-state index contributed by atoms with van der Waals surface area (Å²) in [6, 6.07) is 2.06. The molecule has 18 heavy (non-hydrogen) atoms. The van der Waals surface area contributed by atoms with E-state index in [0.717, 1.165) is 12.5 Å². The fourth-order valence-electron chi connectivity index (χ4n) is 2.63. The first-order chi connectivity index (χ1) is 8.83. The minimum absolute atomic E-state index is 0.389. The van der Waals surface area contributed by atoms with Gasteiger partial charge in [0.25, 0.3) is 0 Å². The van der Waals surface area contributed by atoms with Gasteiger partial charge in [-0.15, -0.1) is 0 Å². The first-order valence-corrected chi connectivity index (χ1v) is 6.78. The van der Waals surface area contributed by atoms with Gasteiger partial charge in [0.15, 0.2) is 11.5 Å². The van der Waals surface area contributed by atoms with Crippen LogP contribution in [0.3, 0.4) is 0 Å². The van der Waals surface area contributed by atoms with Crippen molar-refractivity contribution in [1.29, 1.82) is 5.26 Å². The van der Waals surface area contributed by atoms with Crippen molar-refractivity contribution in [3.05, 3.63) is 18.1 Å². The fraction of sp³-hybridized carbons (Fsp3) is 0.643. The van der Waals surface area contributed by atoms with Crippen molar-refractivity contribution in [3.8, 4) is 6.07 Å². The largest absolute Gasteiger partial charge is 0.367 e. The number of nitrogens with one attached hydrogen (secondary N) is 1. The fourth-order valence-corrected chi connectivity index (χ4v) is 2.63. The molecule has 1 aliphatic carbocycles. The Kier molecular flexibility index (Phi) is 4.52. The first-order valence-electron chi connectivity index (χ1n) is 6.78. The van der Waals surface area contributed by atoms with Gasteiger partial charge in [0.2, 0.25) is 0 Å². The molecule has 96 valence electrons. The molecule has 0 spiro atoms. The highest BCUT2D eigenvalue weighted by Gasteiger charge is 2.20. The average molecular weight is 244 g/mol. The van der Waals surface area contributed by atoms with E-state index in [1.54, 1.807) is 12.4 Å². The van der Waals surface area contributed by atoms with E-state index in [-0.39, 0.29) is 0 Å². The second kappa shape index (κ2) is 6.34. The van der Waals surface area contributed by atoms with Gasteiger partial charge in [0.1, 0.15) is 6.07 Å². The Bertz CT molecular complexity index is 416. The third-order valence-electron chi connectivity index (χ3n) is 3.91. The monoisotopic (exact) mass is 244 g/mol. The summed E-state index contributed by atoms with van der Waals surface area (Å²) >= 11 is 0. The maximum absolute atomic E-state index is 8.93. The molecule has 4 heteroatoms. The lowest BCUT2D eigenvalue weighted by Gasteiger charge is -2.27. The normalized spacial score (nSPS) is 23.3. The van der Waals surface area contributed by atoms with Crippen LogP contribution in [0.5, 0.6) is 0 Å². The molecule has 1 saturated carbocycles. The van der Waals surface area contributed by atoms with Gasteiger partial charge in [-0.05, 0) is 24.7 Å². The van der Waals surface area contributed by atoms with E-state index in [9.17, 15) is 0 Å². The number of hydrogen-bond donors (Lipinski definition) is 1. The number of nitriles is 1. The number of hydrogen-bond acceptors (Lipinski definition) is 4. The number of anilines is 1. The Labute approximate surface area is 108 Å². The molecule has 1 aliphatic rings. The second-order valence-corrected chi connectivity index (χ2v) is 5.04. The van der Waals surface area contributed by atoms with E-state index in [4.69, 9.17) is 5.26 Å². The van der Waals surface area contributed by atoms with E-state index in [0.29, 0.717) is 17.4 Å². The third kappa shape index (κ3) is 3.19. The molecule has 0 aliphatic heterocycles. The molecule has 0 bridgehead atoms. The van der Waals surface area contributed by atoms with Crippen molar-refractivity contribution in [2.45, 2.75) is 39.0 Å². The topological polar surface area (TPSA) is 61.6 Å². The SMILES string of the molecule is CCC1CCC(CNc2nccnc2C#N)CC1. The van der Waals surface area contributed by atoms with Crippen LogP contribution in [0.4, 0.5) is 5.82 Å². The molecule has 1 aromatic heterocycles. The van der Waals surface area contributed by atoms with Gasteiger partial charge in [-0.1, -0.05) is 26.2 Å². The van der Waals surface area contributed by atoms with E-state index in [1.807, 2.05) is 0 Å². The molecule has 0 radical (unpaired) electrons. The lowest BCUT2D eigenvalue weighted by Crippen LogP contribution is -2.21. The maximum atomic E-state index is 8.93. The molecule has 1 aromatic rings. The molecule has 0 unspecified atom stereocenters. The Hall–Kier alpha value is -1.63. The van der Waals surface area contributed by atoms with Crippen LogP contribution >= 0.6 is 0 Å². The zero-order valence-electron chi connectivity index (χ0n) is 10.9. The molecular formula is C14H20N4. The quantitative estimate of drug-likeness (QED) is 0.884. The van der Waals surface area contributed by atoms with Crippen molar-refractivity contribution in [1.82, 2.24) is 9.97 Å². The molecule has 0 amide bonds. The lowest BCUT2D eigenvalue weighted by atomic mass is 9.81. The van der Waals surface area contributed by atoms with Crippen LogP contribution in [0, 0.1) is 23.2 Å². The molecule has 1 fully saturated rings. The minimum Gasteiger partial charge on any atom is -0.367 e. The summed E-state index contributed by atoms with van der Waals surface area (Å²) in [4.78, 5) is 8.17. The zero-order chi connectivity index (χ0) is 12.8. The maximum Gasteiger partial charge on any atom is 0.182 e. The number of aromatic nitrogens is 2. The molecule has 0 saturated heterocycles. The third-order valence-corrected chi connectivity index (χ3v) is 3.91. The van der Waals surface area contributed by atoms with Crippen LogP contribution in [0.1, 0.15) is 44.7 Å². The highest BCUT2D eigenvalue weighted by atomic mass is 15.0. The zero-order valence-corrected chi connectivity index (χ0v) is 10.9. The van der Waals surface area contributed by atoms with Gasteiger partial charge in [0.05, 0.1) is 0 Å². The summed E-state index contributed by atoms with van der Waals surface area (Å²) in [7, 11) is 0. The van der Waals surface area contributed by atoms with Crippen LogP contribution < -0.4 is 5.32 Å². The first kappa shape index (κ1) is 12.8. The highest BCUT2D eigenvalue weighted by molar-refractivity contribution is 5.46. The summed E-state index contributed by atoms with van der Waals surface area (Å²) in [6.45, 7) is 3.19. The average Bonchev–Trinajstić information content (AvgIpc) is 2.46. The summed E-state index contributed by atoms with van der Waals surface area (Å²) in [5.74, 6) is 2.26. The number of rotatable bonds is 4. The molecule has 0 aromatic carbocycles. The Balaban J connectivity index is 1.84. The van der Waals surface area contributed by atoms with Gasteiger partial charge in [-0.3, -0.25) is 0 Å². The Morgan fingerprint density at radius 1 is 1.22 bits per heavy atom. The van der Waals surface area contributed by atoms with Crippen LogP contribution in [0.25, 0.3) is 0 Å². The van der Waals surface area contributed by atoms with Gasteiger partial charge in [-0.2, -0.15) is 5.26 Å². The molecule has 4 nitrogen and oxygen atoms in total. The summed E-state index contributed by atoms with van der Waals surface area (Å²) < 4.78 is 0. The summed E-state index contributed by atoms with van der Waals surface area (Å²) in [6.07, 6.45) is 9.74. The molecule has 1 N–H and O–H groups in total. The van der Waals surface area contributed by atoms with Crippen LogP contribution in [0.2, 0.25) is 0 Å². The van der Waals surface area contributed by atoms with Crippen molar-refractivity contribution in [2.24, 2.45) is 11.8 Å². The molecular weight excluding hydrogens is 224 g/mol. The van der Waals surface area contributed by atoms with E-state index in [2.05, 4.69) is 28.3 Å². The lowest BCUT2D eigenvalue weighted by molar-refractivity contribution is 0.278. The van der Waals surface area contributed by atoms with Crippen molar-refractivity contribution < 1.29 is 0 Å². The Morgan fingerprint density at radius 2 is 1.89 bits per heavy atom. The smallest absolute Gasteiger partial charge is 0.182 e. The Morgan fingerprint density at radius 3 is 2.56 bits per heavy atom. The second-order valence-electron chi connectivity index (χ2n) is 5.04. The van der Waals surface area contributed by atoms with Crippen LogP contribution in [-0.4, -0.2) is 16.5 Å².